The fraction of sp³-hybridized carbons (Fsp3) is 0.510. The van der Waals surface area contributed by atoms with E-state index >= 15 is 0 Å². The van der Waals surface area contributed by atoms with E-state index < -0.39 is 116 Å². The minimum atomic E-state index is -1.02. The number of ether oxygens (including phenoxy) is 4. The van der Waals surface area contributed by atoms with Gasteiger partial charge < -0.3 is 74.9 Å². The van der Waals surface area contributed by atoms with Crippen LogP contribution in [0.25, 0.3) is 22.7 Å². The van der Waals surface area contributed by atoms with Gasteiger partial charge in [-0.15, -0.1) is 10.2 Å². The highest BCUT2D eigenvalue weighted by atomic mass is 19.2. The number of nitrogens with zero attached hydrogens (tertiary/aromatic N) is 13. The van der Waals surface area contributed by atoms with Gasteiger partial charge in [0.2, 0.25) is 35.4 Å². The van der Waals surface area contributed by atoms with Gasteiger partial charge in [-0.2, -0.15) is 20.4 Å². The molecule has 0 aliphatic carbocycles. The highest BCUT2D eigenvalue weighted by molar-refractivity contribution is 6.01. The summed E-state index contributed by atoms with van der Waals surface area (Å²) in [5, 5.41) is 58.4. The summed E-state index contributed by atoms with van der Waals surface area (Å²) in [5.74, 6) is -10.4. The number of hydrogen-bond donors (Lipinski definition) is 7. The molecular formula is C96H116F8N18O16. The van der Waals surface area contributed by atoms with Crippen LogP contribution in [0.2, 0.25) is 0 Å². The van der Waals surface area contributed by atoms with Gasteiger partial charge in [0.15, 0.2) is 75.1 Å². The summed E-state index contributed by atoms with van der Waals surface area (Å²) >= 11 is 0. The summed E-state index contributed by atoms with van der Waals surface area (Å²) in [5.41, 5.74) is 4.01. The van der Waals surface area contributed by atoms with Crippen LogP contribution >= 0.6 is 0 Å². The first-order chi connectivity index (χ1) is 65.3. The van der Waals surface area contributed by atoms with Crippen LogP contribution in [0.4, 0.5) is 35.1 Å². The number of aromatic nitrogens is 10. The molecule has 16 rings (SSSR count). The molecule has 0 radical (unpaired) electrons. The van der Waals surface area contributed by atoms with E-state index in [0.29, 0.717) is 159 Å². The topological polar surface area (TPSA) is 411 Å². The highest BCUT2D eigenvalue weighted by Crippen LogP contribution is 2.36. The van der Waals surface area contributed by atoms with E-state index in [1.54, 1.807) is 16.7 Å². The van der Waals surface area contributed by atoms with Crippen molar-refractivity contribution in [1.29, 1.82) is 0 Å². The number of benzene rings is 4. The van der Waals surface area contributed by atoms with E-state index in [1.165, 1.54) is 47.9 Å². The molecule has 5 atom stereocenters. The molecule has 7 aliphatic rings. The van der Waals surface area contributed by atoms with E-state index in [4.69, 9.17) is 23.4 Å². The van der Waals surface area contributed by atoms with Crippen molar-refractivity contribution in [2.24, 2.45) is 27.6 Å². The van der Waals surface area contributed by atoms with Crippen LogP contribution in [-0.4, -0.2) is 236 Å². The zero-order valence-corrected chi connectivity index (χ0v) is 79.2. The van der Waals surface area contributed by atoms with Gasteiger partial charge in [-0.1, -0.05) is 83.1 Å². The number of carbonyl (C=O) groups excluding carboxylic acids is 9. The Hall–Kier alpha value is -12.5. The lowest BCUT2D eigenvalue weighted by molar-refractivity contribution is -0.141. The second-order valence-electron chi connectivity index (χ2n) is 39.2. The van der Waals surface area contributed by atoms with E-state index in [9.17, 15) is 88.5 Å². The smallest absolute Gasteiger partial charge is 0.272 e. The number of likely N-dealkylation sites (tertiary alicyclic amines) is 2. The molecule has 138 heavy (non-hydrogen) atoms. The predicted molar refractivity (Wildman–Crippen MR) is 480 cm³/mol. The average Bonchev–Trinajstić information content (AvgIpc) is 1.63. The second-order valence-corrected chi connectivity index (χ2v) is 39.2. The van der Waals surface area contributed by atoms with Crippen molar-refractivity contribution in [3.05, 3.63) is 199 Å². The first kappa shape index (κ1) is 103. The van der Waals surface area contributed by atoms with Crippen molar-refractivity contribution >= 4 is 53.0 Å². The Labute approximate surface area is 791 Å². The Morgan fingerprint density at radius 2 is 0.775 bits per heavy atom. The zero-order chi connectivity index (χ0) is 99.9. The Balaban J connectivity index is 0.000000155. The van der Waals surface area contributed by atoms with Gasteiger partial charge in [0.05, 0.1) is 124 Å². The monoisotopic (exact) mass is 1930 g/mol. The molecule has 5 aromatic heterocycles. The SMILES string of the molecule is CC(C)(C)[C@H](NC(=O)c1nn(-c2ccc(F)c(F)c2)c2c1COCC2)C(=O)N1CCC(CO)CC1.CC(C)(C)[C@H](NC(=O)c1nn(-c2ccc(F)c(F)c2)c2c1COCC2)C(=O)N1CCC[C@H]1CO.CC(C)(C)[C@H](NC(=O)c1nn(-c2ccc(F)c(F)c2)c2c1COCC2)C(=O)N1CCNC(=O)C1.Cc1nnc(CCC(=O)[C@@H](NC(=O)c2nn(-c3ccc(F)c(F)c3)c3c2COCC3)C(C)(C)C)o1. The zero-order valence-electron chi connectivity index (χ0n) is 79.2. The van der Waals surface area contributed by atoms with Crippen molar-refractivity contribution in [1.82, 2.24) is 90.6 Å². The number of fused-ring (bicyclic) bond motifs is 4. The van der Waals surface area contributed by atoms with Crippen LogP contribution in [-0.2, 0) is 101 Å². The number of hydrogen-bond acceptors (Lipinski definition) is 22. The number of piperidine rings is 1. The number of rotatable bonds is 21. The summed E-state index contributed by atoms with van der Waals surface area (Å²) in [6, 6.07) is 10.1. The van der Waals surface area contributed by atoms with Gasteiger partial charge in [0.1, 0.15) is 18.1 Å². The molecule has 742 valence electrons. The lowest BCUT2D eigenvalue weighted by Gasteiger charge is -2.38. The molecule has 4 aromatic carbocycles. The molecule has 7 N–H and O–H groups in total. The van der Waals surface area contributed by atoms with Crippen molar-refractivity contribution in [3.63, 3.8) is 0 Å². The maximum Gasteiger partial charge on any atom is 0.272 e. The van der Waals surface area contributed by atoms with Crippen molar-refractivity contribution < 1.29 is 112 Å². The van der Waals surface area contributed by atoms with Gasteiger partial charge in [0, 0.05) is 131 Å². The molecule has 8 amide bonds. The molecule has 34 nitrogen and oxygen atoms in total. The quantitative estimate of drug-likeness (QED) is 0.0329. The molecule has 3 fully saturated rings. The number of aliphatic hydroxyl groups is 2. The second kappa shape index (κ2) is 43.3. The Bertz CT molecular complexity index is 6030. The summed E-state index contributed by atoms with van der Waals surface area (Å²) in [4.78, 5) is 123. The first-order valence-corrected chi connectivity index (χ1v) is 45.8. The molecule has 9 aromatic rings. The number of carbonyl (C=O) groups is 9. The van der Waals surface area contributed by atoms with Crippen LogP contribution in [0.3, 0.4) is 0 Å². The molecular weight excluding hydrogens is 1810 g/mol. The Morgan fingerprint density at radius 1 is 0.435 bits per heavy atom. The number of piperazine rings is 1. The van der Waals surface area contributed by atoms with E-state index in [1.807, 2.05) is 83.1 Å². The lowest BCUT2D eigenvalue weighted by Crippen LogP contribution is -2.59. The van der Waals surface area contributed by atoms with E-state index in [0.717, 1.165) is 74.2 Å². The first-order valence-electron chi connectivity index (χ1n) is 45.8. The molecule has 3 saturated heterocycles. The summed E-state index contributed by atoms with van der Waals surface area (Å²) in [7, 11) is 0. The average molecular weight is 1930 g/mol. The third kappa shape index (κ3) is 23.7. The third-order valence-electron chi connectivity index (χ3n) is 24.9. The molecule has 0 saturated carbocycles. The molecule has 0 unspecified atom stereocenters. The number of amides is 8. The predicted octanol–water partition coefficient (Wildman–Crippen LogP) is 9.54. The fourth-order valence-corrected chi connectivity index (χ4v) is 17.3. The largest absolute Gasteiger partial charge is 0.426 e. The lowest BCUT2D eigenvalue weighted by atomic mass is 9.82. The maximum absolute atomic E-state index is 13.9. The number of aryl methyl sites for hydroxylation is 2. The van der Waals surface area contributed by atoms with Crippen LogP contribution in [0.15, 0.2) is 77.2 Å². The summed E-state index contributed by atoms with van der Waals surface area (Å²) in [6.45, 7) is 28.3. The Kier molecular flexibility index (Phi) is 32.2. The van der Waals surface area contributed by atoms with Gasteiger partial charge in [0.25, 0.3) is 23.6 Å². The Morgan fingerprint density at radius 3 is 1.09 bits per heavy atom. The standard InChI is InChI=1S/C25H32F2N4O4.C24H27F2N5O4.C24H30F2N4O4.C23H27F2N5O4/c1-25(2,3)22(24(34)30-9-6-15(13-32)7-10-30)28-23(33)21-17-14-35-11-8-20(17)31(29-21)16-4-5-18(26)19(27)12-16;1-13-28-29-20(35-13)8-7-19(32)22(24(2,3)4)27-23(33)21-15-12-34-10-9-18(15)31(30-21)14-5-6-16(25)17(26)11-14;1-24(2,3)21(23(33)29-9-4-5-15(29)12-31)27-22(32)20-16-13-34-10-8-19(16)30(28-20)14-6-7-17(25)18(26)11-14;1-23(2,3)20(22(33)29-8-7-26-18(31)11-29)27-21(32)19-14-12-34-9-6-17(14)30(28-19)13-4-5-15(24)16(25)10-13/h4-5,12,15,22,32H,6-11,13-14H2,1-3H3,(H,28,33);5-6,11,22H,7-10,12H2,1-4H3,(H,27,33);6-7,11,15,21,31H,4-5,8-10,12-13H2,1-3H3,(H,27,32);4-5,10,20H,6-9,11-12H2,1-3H3,(H,26,31)(H,27,32)/t2*22-;15-,21+;20-/m1101/s1. The van der Waals surface area contributed by atoms with E-state index in [-0.39, 0.29) is 129 Å². The third-order valence-corrected chi connectivity index (χ3v) is 24.9. The minimum Gasteiger partial charge on any atom is -0.426 e. The minimum absolute atomic E-state index is 0.0536. The normalized spacial score (nSPS) is 17.1. The molecule has 7 aliphatic heterocycles. The number of aliphatic hydroxyl groups excluding tert-OH is 2. The maximum atomic E-state index is 13.9. The summed E-state index contributed by atoms with van der Waals surface area (Å²) < 4.78 is 143. The van der Waals surface area contributed by atoms with Gasteiger partial charge in [-0.3, -0.25) is 43.2 Å². The molecule has 0 spiro atoms. The number of halogens is 8. The van der Waals surface area contributed by atoms with E-state index in [2.05, 4.69) is 57.2 Å². The van der Waals surface area contributed by atoms with Crippen LogP contribution < -0.4 is 26.6 Å². The van der Waals surface area contributed by atoms with Crippen molar-refractivity contribution in [2.45, 2.75) is 211 Å². The van der Waals surface area contributed by atoms with Crippen molar-refractivity contribution in [2.75, 3.05) is 78.9 Å². The number of nitrogens with one attached hydrogen (secondary N) is 5. The van der Waals surface area contributed by atoms with Crippen LogP contribution in [0, 0.1) is 81.0 Å². The van der Waals surface area contributed by atoms with Crippen molar-refractivity contribution in [3.8, 4) is 22.7 Å². The fourth-order valence-electron chi connectivity index (χ4n) is 17.3. The van der Waals surface area contributed by atoms with Gasteiger partial charge in [-0.05, 0) is 102 Å². The summed E-state index contributed by atoms with van der Waals surface area (Å²) in [6.07, 6.45) is 5.09. The van der Waals surface area contributed by atoms with Crippen LogP contribution in [0.5, 0.6) is 0 Å². The molecule has 42 heteroatoms. The number of Topliss-reactive ketones (excluding diaryl/α,β-unsaturated/α-hetero) is 1. The van der Waals surface area contributed by atoms with Crippen LogP contribution in [0.1, 0.15) is 214 Å². The number of ketones is 1. The van der Waals surface area contributed by atoms with Gasteiger partial charge >= 0.3 is 0 Å². The highest BCUT2D eigenvalue weighted by Gasteiger charge is 2.45. The molecule has 0 bridgehead atoms. The van der Waals surface area contributed by atoms with Gasteiger partial charge in [-0.25, -0.2) is 53.9 Å². The molecule has 12 heterocycles.